The zero-order chi connectivity index (χ0) is 20.9. The summed E-state index contributed by atoms with van der Waals surface area (Å²) in [4.78, 5) is 22.1. The van der Waals surface area contributed by atoms with Crippen LogP contribution < -0.4 is 10.1 Å². The molecule has 1 atom stereocenters. The number of hydrogen-bond acceptors (Lipinski definition) is 6. The van der Waals surface area contributed by atoms with Crippen LogP contribution in [-0.2, 0) is 4.79 Å². The number of methoxy groups -OCH3 is 1. The first-order valence-corrected chi connectivity index (χ1v) is 9.99. The van der Waals surface area contributed by atoms with E-state index in [1.807, 2.05) is 41.1 Å². The van der Waals surface area contributed by atoms with Crippen molar-refractivity contribution in [2.24, 2.45) is 5.41 Å². The van der Waals surface area contributed by atoms with Gasteiger partial charge >= 0.3 is 0 Å². The molecule has 1 aromatic carbocycles. The van der Waals surface area contributed by atoms with Gasteiger partial charge in [0.05, 0.1) is 7.11 Å². The Hall–Kier alpha value is -3.48. The van der Waals surface area contributed by atoms with Gasteiger partial charge in [0.1, 0.15) is 11.8 Å². The molecule has 3 heterocycles. The molecule has 7 nitrogen and oxygen atoms in total. The summed E-state index contributed by atoms with van der Waals surface area (Å²) in [6, 6.07) is 11.3. The molecule has 2 aromatic heterocycles. The maximum Gasteiger partial charge on any atom is 0.226 e. The van der Waals surface area contributed by atoms with Crippen LogP contribution in [0.5, 0.6) is 5.75 Å². The second-order valence-electron chi connectivity index (χ2n) is 8.58. The van der Waals surface area contributed by atoms with Crippen LogP contribution in [0.25, 0.3) is 11.4 Å². The number of rotatable bonds is 3. The Kier molecular flexibility index (Phi) is 4.20. The minimum Gasteiger partial charge on any atom is -0.497 e. The van der Waals surface area contributed by atoms with E-state index >= 15 is 0 Å². The van der Waals surface area contributed by atoms with E-state index in [0.29, 0.717) is 18.2 Å². The fraction of sp³-hybridized carbons (Fsp3) is 0.304. The van der Waals surface area contributed by atoms with E-state index in [1.165, 1.54) is 0 Å². The summed E-state index contributed by atoms with van der Waals surface area (Å²) in [5.41, 5.74) is 3.42. The molecule has 30 heavy (non-hydrogen) atoms. The molecule has 0 radical (unpaired) electrons. The monoisotopic (exact) mass is 401 g/mol. The van der Waals surface area contributed by atoms with Crippen LogP contribution in [0.1, 0.15) is 38.3 Å². The highest BCUT2D eigenvalue weighted by Crippen LogP contribution is 2.45. The lowest BCUT2D eigenvalue weighted by Gasteiger charge is -2.38. The Bertz CT molecular complexity index is 1150. The van der Waals surface area contributed by atoms with Crippen LogP contribution in [0.4, 0.5) is 5.95 Å². The van der Waals surface area contributed by atoms with Gasteiger partial charge < -0.3 is 10.1 Å². The van der Waals surface area contributed by atoms with E-state index in [2.05, 4.69) is 24.1 Å². The number of allylic oxidation sites excluding steroid dienone is 2. The molecule has 0 amide bonds. The van der Waals surface area contributed by atoms with Crippen LogP contribution in [0, 0.1) is 5.41 Å². The number of anilines is 1. The van der Waals surface area contributed by atoms with E-state index < -0.39 is 0 Å². The molecule has 0 saturated heterocycles. The van der Waals surface area contributed by atoms with Gasteiger partial charge in [-0.1, -0.05) is 26.0 Å². The average Bonchev–Trinajstić information content (AvgIpc) is 3.16. The molecule has 152 valence electrons. The fourth-order valence-electron chi connectivity index (χ4n) is 4.32. The Morgan fingerprint density at radius 1 is 1.17 bits per heavy atom. The first-order chi connectivity index (χ1) is 14.4. The summed E-state index contributed by atoms with van der Waals surface area (Å²) < 4.78 is 7.13. The van der Waals surface area contributed by atoms with Crippen molar-refractivity contribution in [1.29, 1.82) is 0 Å². The summed E-state index contributed by atoms with van der Waals surface area (Å²) >= 11 is 0. The quantitative estimate of drug-likeness (QED) is 0.714. The number of fused-ring (bicyclic) bond motifs is 1. The standard InChI is InChI=1S/C23H23N5O2/c1-23(2)11-17-19(18(29)12-23)20(14-6-8-16(30-3)9-7-14)28-22(25-17)26-21(27-28)15-5-4-10-24-13-15/h4-10,13,20H,11-12H2,1-3H3,(H,25,26,27). The normalized spacial score (nSPS) is 19.7. The number of ether oxygens (including phenoxy) is 1. The van der Waals surface area contributed by atoms with Crippen LogP contribution >= 0.6 is 0 Å². The van der Waals surface area contributed by atoms with Crippen LogP contribution in [0.15, 0.2) is 60.1 Å². The predicted octanol–water partition coefficient (Wildman–Crippen LogP) is 4.01. The van der Waals surface area contributed by atoms with Crippen molar-refractivity contribution in [3.63, 3.8) is 0 Å². The third kappa shape index (κ3) is 3.07. The summed E-state index contributed by atoms with van der Waals surface area (Å²) in [5.74, 6) is 2.14. The van der Waals surface area contributed by atoms with Crippen molar-refractivity contribution in [1.82, 2.24) is 19.7 Å². The lowest BCUT2D eigenvalue weighted by molar-refractivity contribution is -0.118. The highest BCUT2D eigenvalue weighted by atomic mass is 16.5. The van der Waals surface area contributed by atoms with Crippen molar-refractivity contribution in [3.05, 3.63) is 65.6 Å². The first kappa shape index (κ1) is 18.5. The Morgan fingerprint density at radius 2 is 1.97 bits per heavy atom. The van der Waals surface area contributed by atoms with E-state index in [-0.39, 0.29) is 17.2 Å². The third-order valence-electron chi connectivity index (χ3n) is 5.68. The minimum absolute atomic E-state index is 0.0955. The molecule has 0 fully saturated rings. The number of nitrogens with zero attached hydrogens (tertiary/aromatic N) is 4. The van der Waals surface area contributed by atoms with Crippen LogP contribution in [0.3, 0.4) is 0 Å². The maximum absolute atomic E-state index is 13.2. The molecule has 1 N–H and O–H groups in total. The molecule has 1 aliphatic carbocycles. The van der Waals surface area contributed by atoms with Gasteiger partial charge in [-0.2, -0.15) is 4.98 Å². The predicted molar refractivity (Wildman–Crippen MR) is 113 cm³/mol. The van der Waals surface area contributed by atoms with Gasteiger partial charge in [-0.25, -0.2) is 4.68 Å². The van der Waals surface area contributed by atoms with E-state index in [1.54, 1.807) is 19.5 Å². The van der Waals surface area contributed by atoms with Crippen molar-refractivity contribution in [2.45, 2.75) is 32.7 Å². The molecule has 3 aromatic rings. The second-order valence-corrected chi connectivity index (χ2v) is 8.58. The summed E-state index contributed by atoms with van der Waals surface area (Å²) in [6.07, 6.45) is 4.76. The number of carbonyl (C=O) groups is 1. The maximum atomic E-state index is 13.2. The van der Waals surface area contributed by atoms with E-state index in [0.717, 1.165) is 34.6 Å². The molecule has 0 bridgehead atoms. The van der Waals surface area contributed by atoms with Crippen molar-refractivity contribution in [2.75, 3.05) is 12.4 Å². The molecule has 5 rings (SSSR count). The van der Waals surface area contributed by atoms with Crippen LogP contribution in [-0.4, -0.2) is 32.6 Å². The summed E-state index contributed by atoms with van der Waals surface area (Å²) in [6.45, 7) is 4.25. The van der Waals surface area contributed by atoms with Gasteiger partial charge in [0, 0.05) is 35.6 Å². The molecule has 2 aliphatic rings. The number of nitrogens with one attached hydrogen (secondary N) is 1. The number of aromatic nitrogens is 4. The van der Waals surface area contributed by atoms with Gasteiger partial charge in [0.25, 0.3) is 0 Å². The molecule has 1 unspecified atom stereocenters. The smallest absolute Gasteiger partial charge is 0.226 e. The van der Waals surface area contributed by atoms with Gasteiger partial charge in [-0.05, 0) is 41.7 Å². The van der Waals surface area contributed by atoms with Crippen molar-refractivity contribution in [3.8, 4) is 17.1 Å². The Balaban J connectivity index is 1.67. The number of hydrogen-bond donors (Lipinski definition) is 1. The summed E-state index contributed by atoms with van der Waals surface area (Å²) in [5, 5.41) is 8.17. The molecule has 0 saturated carbocycles. The first-order valence-electron chi connectivity index (χ1n) is 9.99. The molecule has 0 spiro atoms. The van der Waals surface area contributed by atoms with E-state index in [4.69, 9.17) is 14.8 Å². The largest absolute Gasteiger partial charge is 0.497 e. The lowest BCUT2D eigenvalue weighted by atomic mass is 9.73. The van der Waals surface area contributed by atoms with Gasteiger partial charge in [0.15, 0.2) is 11.6 Å². The average molecular weight is 401 g/mol. The van der Waals surface area contributed by atoms with Gasteiger partial charge in [-0.3, -0.25) is 9.78 Å². The number of benzene rings is 1. The van der Waals surface area contributed by atoms with E-state index in [9.17, 15) is 4.79 Å². The SMILES string of the molecule is COc1ccc(C2C3=C(CC(C)(C)CC3=O)Nc3nc(-c4cccnc4)nn32)cc1. The third-order valence-corrected chi connectivity index (χ3v) is 5.68. The Morgan fingerprint density at radius 3 is 2.67 bits per heavy atom. The number of ketones is 1. The fourth-order valence-corrected chi connectivity index (χ4v) is 4.32. The summed E-state index contributed by atoms with van der Waals surface area (Å²) in [7, 11) is 1.64. The zero-order valence-corrected chi connectivity index (χ0v) is 17.2. The number of pyridine rings is 1. The highest BCUT2D eigenvalue weighted by Gasteiger charge is 2.41. The molecular formula is C23H23N5O2. The lowest BCUT2D eigenvalue weighted by Crippen LogP contribution is -2.36. The van der Waals surface area contributed by atoms with Crippen LogP contribution in [0.2, 0.25) is 0 Å². The number of Topliss-reactive ketones (excluding diaryl/α,β-unsaturated/α-hetero) is 1. The topological polar surface area (TPSA) is 81.9 Å². The minimum atomic E-state index is -0.330. The van der Waals surface area contributed by atoms with Gasteiger partial charge in [-0.15, -0.1) is 5.10 Å². The number of carbonyl (C=O) groups excluding carboxylic acids is 1. The molecule has 7 heteroatoms. The molecular weight excluding hydrogens is 378 g/mol. The van der Waals surface area contributed by atoms with Crippen molar-refractivity contribution < 1.29 is 9.53 Å². The molecule has 1 aliphatic heterocycles. The Labute approximate surface area is 174 Å². The van der Waals surface area contributed by atoms with Gasteiger partial charge in [0.2, 0.25) is 5.95 Å². The second kappa shape index (κ2) is 6.79. The van der Waals surface area contributed by atoms with Crippen molar-refractivity contribution >= 4 is 11.7 Å². The highest BCUT2D eigenvalue weighted by molar-refractivity contribution is 6.00. The zero-order valence-electron chi connectivity index (χ0n) is 17.2.